The highest BCUT2D eigenvalue weighted by Gasteiger charge is 2.09. The Morgan fingerprint density at radius 1 is 1.00 bits per heavy atom. The lowest BCUT2D eigenvalue weighted by Gasteiger charge is -1.99. The molecule has 0 amide bonds. The second kappa shape index (κ2) is 15.3. The lowest BCUT2D eigenvalue weighted by Crippen LogP contribution is -2.05. The van der Waals surface area contributed by atoms with E-state index >= 15 is 0 Å². The molecule has 0 fully saturated rings. The van der Waals surface area contributed by atoms with E-state index in [9.17, 15) is 12.9 Å². The van der Waals surface area contributed by atoms with Crippen LogP contribution in [0.5, 0.6) is 0 Å². The van der Waals surface area contributed by atoms with E-state index < -0.39 is 17.9 Å². The van der Waals surface area contributed by atoms with Crippen LogP contribution in [-0.2, 0) is 19.1 Å². The maximum absolute atomic E-state index is 11.3. The van der Waals surface area contributed by atoms with Gasteiger partial charge in [0.25, 0.3) is 10.1 Å². The van der Waals surface area contributed by atoms with Crippen molar-refractivity contribution in [2.45, 2.75) is 45.4 Å². The quantitative estimate of drug-likeness (QED) is 0.381. The molecule has 0 unspecified atom stereocenters. The molecule has 0 aromatic carbocycles. The molecule has 0 aromatic rings. The molecule has 0 spiro atoms. The van der Waals surface area contributed by atoms with Gasteiger partial charge in [0.05, 0.1) is 5.75 Å². The van der Waals surface area contributed by atoms with Crippen LogP contribution in [0.4, 0.5) is 4.53 Å². The van der Waals surface area contributed by atoms with Crippen molar-refractivity contribution >= 4 is 17.9 Å². The summed E-state index contributed by atoms with van der Waals surface area (Å²) in [6.45, 7) is 2.11. The summed E-state index contributed by atoms with van der Waals surface area (Å²) in [6.07, 6.45) is 5.76. The largest absolute Gasteiger partial charge is 0.466 e. The van der Waals surface area contributed by atoms with Gasteiger partial charge in [0, 0.05) is 7.11 Å². The van der Waals surface area contributed by atoms with E-state index in [0.717, 1.165) is 32.8 Å². The van der Waals surface area contributed by atoms with Gasteiger partial charge in [-0.05, 0) is 10.9 Å². The van der Waals surface area contributed by atoms with Gasteiger partial charge in [0.2, 0.25) is 0 Å². The number of unbranched alkanes of at least 4 members (excludes halogenated alkanes) is 5. The summed E-state index contributed by atoms with van der Waals surface area (Å²) in [5.41, 5.74) is 0. The first-order chi connectivity index (χ1) is 9.12. The molecule has 0 aliphatic carbocycles. The Balaban J connectivity index is -0.000000346. The number of hydrogen-bond acceptors (Lipinski definition) is 5. The molecule has 0 aromatic heterocycles. The standard InChI is InChI=1S/C8H17FO3S.CH4O.H3O4P/c1-2-3-4-5-6-7-8-13(10,11)12-9;1-2;1-5(2,3)4/h2-8H2,1H3;2H,1H3;(H3,1,2,3,4). The molecule has 0 saturated heterocycles. The normalized spacial score (nSPS) is 10.9. The van der Waals surface area contributed by atoms with Gasteiger partial charge < -0.3 is 19.8 Å². The Bertz CT molecular complexity index is 321. The first-order valence-corrected chi connectivity index (χ1v) is 9.02. The zero-order valence-corrected chi connectivity index (χ0v) is 13.3. The third kappa shape index (κ3) is 36.1. The molecule has 0 aliphatic heterocycles. The zero-order chi connectivity index (χ0) is 16.7. The minimum atomic E-state index is -4.64. The van der Waals surface area contributed by atoms with E-state index in [1.54, 1.807) is 0 Å². The highest BCUT2D eigenvalue weighted by atomic mass is 32.2. The van der Waals surface area contributed by atoms with Crippen molar-refractivity contribution in [1.82, 2.24) is 0 Å². The molecule has 4 N–H and O–H groups in total. The van der Waals surface area contributed by atoms with E-state index in [1.807, 2.05) is 0 Å². The average molecular weight is 342 g/mol. The van der Waals surface area contributed by atoms with Gasteiger partial charge in [-0.2, -0.15) is 8.42 Å². The number of phosphoric acid groups is 1. The molecule has 8 nitrogen and oxygen atoms in total. The minimum Gasteiger partial charge on any atom is -0.400 e. The van der Waals surface area contributed by atoms with Crippen molar-refractivity contribution < 1.29 is 41.7 Å². The molecular weight excluding hydrogens is 318 g/mol. The van der Waals surface area contributed by atoms with Crippen LogP contribution < -0.4 is 0 Å². The first-order valence-electron chi connectivity index (χ1n) is 5.88. The maximum Gasteiger partial charge on any atom is 0.466 e. The van der Waals surface area contributed by atoms with Crippen molar-refractivity contribution in [1.29, 1.82) is 0 Å². The molecule has 11 heteroatoms. The summed E-state index contributed by atoms with van der Waals surface area (Å²) < 4.78 is 44.0. The molecule has 126 valence electrons. The molecule has 0 rings (SSSR count). The van der Waals surface area contributed by atoms with Gasteiger partial charge in [-0.15, -0.1) is 0 Å². The van der Waals surface area contributed by atoms with Crippen LogP contribution in [0.1, 0.15) is 45.4 Å². The monoisotopic (exact) mass is 342 g/mol. The minimum absolute atomic E-state index is 0.213. The third-order valence-electron chi connectivity index (χ3n) is 1.84. The highest BCUT2D eigenvalue weighted by molar-refractivity contribution is 7.86. The molecule has 0 saturated carbocycles. The van der Waals surface area contributed by atoms with E-state index in [2.05, 4.69) is 11.3 Å². The van der Waals surface area contributed by atoms with Crippen LogP contribution in [0.3, 0.4) is 0 Å². The van der Waals surface area contributed by atoms with Gasteiger partial charge in [0.1, 0.15) is 0 Å². The number of halogens is 1. The molecule has 0 aliphatic rings. The van der Waals surface area contributed by atoms with Gasteiger partial charge in [-0.25, -0.2) is 4.57 Å². The predicted octanol–water partition coefficient (Wildman–Crippen LogP) is 1.26. The lowest BCUT2D eigenvalue weighted by atomic mass is 10.1. The number of rotatable bonds is 8. The van der Waals surface area contributed by atoms with Crippen molar-refractivity contribution in [3.63, 3.8) is 0 Å². The number of aliphatic hydroxyl groups excluding tert-OH is 1. The maximum atomic E-state index is 11.3. The van der Waals surface area contributed by atoms with Crippen LogP contribution in [0.15, 0.2) is 0 Å². The van der Waals surface area contributed by atoms with Gasteiger partial charge in [0.15, 0.2) is 0 Å². The van der Waals surface area contributed by atoms with E-state index in [1.165, 1.54) is 6.42 Å². The Morgan fingerprint density at radius 3 is 1.70 bits per heavy atom. The van der Waals surface area contributed by atoms with Crippen LogP contribution in [0.2, 0.25) is 0 Å². The Hall–Kier alpha value is -0.0900. The van der Waals surface area contributed by atoms with Crippen LogP contribution in [-0.4, -0.2) is 41.1 Å². The molecule has 0 atom stereocenters. The summed E-state index contributed by atoms with van der Waals surface area (Å²) in [5.74, 6) is -0.213. The topological polar surface area (TPSA) is 141 Å². The summed E-state index contributed by atoms with van der Waals surface area (Å²) in [5, 5.41) is 7.00. The average Bonchev–Trinajstić information content (AvgIpc) is 2.34. The fourth-order valence-corrected chi connectivity index (χ4v) is 1.71. The summed E-state index contributed by atoms with van der Waals surface area (Å²) in [7, 11) is -7.52. The van der Waals surface area contributed by atoms with Crippen LogP contribution in [0, 0.1) is 0 Å². The van der Waals surface area contributed by atoms with Gasteiger partial charge >= 0.3 is 7.82 Å². The SMILES string of the molecule is CCCCCCCCS(=O)(=O)OF.CO.O=P(O)(O)O. The summed E-state index contributed by atoms with van der Waals surface area (Å²) in [4.78, 5) is 21.6. The van der Waals surface area contributed by atoms with Crippen LogP contribution >= 0.6 is 7.82 Å². The van der Waals surface area contributed by atoms with Crippen molar-refractivity contribution in [3.05, 3.63) is 0 Å². The Labute approximate surface area is 118 Å². The smallest absolute Gasteiger partial charge is 0.400 e. The number of aliphatic hydroxyl groups is 1. The Morgan fingerprint density at radius 2 is 1.35 bits per heavy atom. The lowest BCUT2D eigenvalue weighted by molar-refractivity contribution is 0.00288. The molecular formula is C9H24FO8PS. The van der Waals surface area contributed by atoms with E-state index in [-0.39, 0.29) is 5.75 Å². The van der Waals surface area contributed by atoms with E-state index in [0.29, 0.717) is 6.42 Å². The summed E-state index contributed by atoms with van der Waals surface area (Å²) in [6, 6.07) is 0. The van der Waals surface area contributed by atoms with Crippen molar-refractivity contribution in [2.75, 3.05) is 12.9 Å². The predicted molar refractivity (Wildman–Crippen MR) is 71.8 cm³/mol. The van der Waals surface area contributed by atoms with E-state index in [4.69, 9.17) is 24.4 Å². The van der Waals surface area contributed by atoms with Crippen molar-refractivity contribution in [2.24, 2.45) is 0 Å². The molecule has 0 heterocycles. The van der Waals surface area contributed by atoms with Gasteiger partial charge in [-0.3, -0.25) is 0 Å². The molecule has 20 heavy (non-hydrogen) atoms. The fourth-order valence-electron chi connectivity index (χ4n) is 1.09. The van der Waals surface area contributed by atoms with Gasteiger partial charge in [-0.1, -0.05) is 43.4 Å². The second-order valence-electron chi connectivity index (χ2n) is 3.61. The molecule has 0 radical (unpaired) electrons. The highest BCUT2D eigenvalue weighted by Crippen LogP contribution is 2.25. The molecule has 0 bridgehead atoms. The van der Waals surface area contributed by atoms with Crippen LogP contribution in [0.25, 0.3) is 0 Å². The van der Waals surface area contributed by atoms with Crippen molar-refractivity contribution in [3.8, 4) is 0 Å². The zero-order valence-electron chi connectivity index (χ0n) is 11.6. The fraction of sp³-hybridized carbons (Fsp3) is 1.00. The summed E-state index contributed by atoms with van der Waals surface area (Å²) >= 11 is 0. The second-order valence-corrected chi connectivity index (χ2v) is 6.28. The number of hydrogen-bond donors (Lipinski definition) is 4. The first kappa shape index (κ1) is 24.9. The third-order valence-corrected chi connectivity index (χ3v) is 2.82. The Kier molecular flexibility index (Phi) is 19.0.